The molecule has 1 aliphatic rings. The summed E-state index contributed by atoms with van der Waals surface area (Å²) in [5.41, 5.74) is 1.16. The quantitative estimate of drug-likeness (QED) is 0.0913. The van der Waals surface area contributed by atoms with Gasteiger partial charge in [-0.05, 0) is 62.2 Å². The molecule has 0 spiro atoms. The van der Waals surface area contributed by atoms with Crippen molar-refractivity contribution < 1.29 is 33.7 Å². The maximum atomic E-state index is 13.5. The number of thiazole rings is 1. The Hall–Kier alpha value is -4.44. The van der Waals surface area contributed by atoms with E-state index in [1.807, 2.05) is 13.8 Å². The number of anilines is 1. The standard InChI is InChI=1S/C31H32N2O7S/c1-6-15-39-22-12-9-20(10-13-22)27(35)25-26(21-11-14-23(40-16-7-2)24(17-21)38-8-3)33(30(37)28(25)36)31-32-18(4)29(41-31)19(5)34/h7,9-14,17,26,35H,2,6,8,15-16H2,1,3-5H3/b27-25+. The first kappa shape index (κ1) is 29.5. The highest BCUT2D eigenvalue weighted by Gasteiger charge is 2.48. The van der Waals surface area contributed by atoms with E-state index in [9.17, 15) is 19.5 Å². The molecule has 0 aliphatic carbocycles. The van der Waals surface area contributed by atoms with Crippen LogP contribution < -0.4 is 19.1 Å². The van der Waals surface area contributed by atoms with Crippen molar-refractivity contribution in [3.05, 3.63) is 82.4 Å². The van der Waals surface area contributed by atoms with E-state index in [-0.39, 0.29) is 28.9 Å². The lowest BCUT2D eigenvalue weighted by molar-refractivity contribution is -0.132. The average Bonchev–Trinajstić information content (AvgIpc) is 3.47. The fraction of sp³-hybridized carbons (Fsp3) is 0.290. The molecule has 2 aromatic carbocycles. The summed E-state index contributed by atoms with van der Waals surface area (Å²) in [6.07, 6.45) is 2.45. The number of carbonyl (C=O) groups is 3. The summed E-state index contributed by atoms with van der Waals surface area (Å²) in [6.45, 7) is 11.7. The Kier molecular flexibility index (Phi) is 9.24. The molecule has 9 nitrogen and oxygen atoms in total. The molecule has 1 aliphatic heterocycles. The number of aliphatic hydroxyl groups excluding tert-OH is 1. The smallest absolute Gasteiger partial charge is 0.301 e. The molecule has 1 saturated heterocycles. The summed E-state index contributed by atoms with van der Waals surface area (Å²) in [4.78, 5) is 45.3. The first-order valence-electron chi connectivity index (χ1n) is 13.2. The van der Waals surface area contributed by atoms with Crippen LogP contribution in [0.4, 0.5) is 5.13 Å². The third-order valence-corrected chi connectivity index (χ3v) is 7.55. The van der Waals surface area contributed by atoms with E-state index < -0.39 is 17.7 Å². The minimum atomic E-state index is -1.05. The molecule has 1 atom stereocenters. The lowest BCUT2D eigenvalue weighted by Gasteiger charge is -2.24. The van der Waals surface area contributed by atoms with Crippen molar-refractivity contribution in [3.63, 3.8) is 0 Å². The summed E-state index contributed by atoms with van der Waals surface area (Å²) >= 11 is 1.02. The summed E-state index contributed by atoms with van der Waals surface area (Å²) < 4.78 is 17.2. The highest BCUT2D eigenvalue weighted by Crippen LogP contribution is 2.45. The molecule has 3 aromatic rings. The summed E-state index contributed by atoms with van der Waals surface area (Å²) in [7, 11) is 0. The van der Waals surface area contributed by atoms with Crippen molar-refractivity contribution in [2.24, 2.45) is 0 Å². The van der Waals surface area contributed by atoms with Gasteiger partial charge in [-0.2, -0.15) is 0 Å². The van der Waals surface area contributed by atoms with Crippen LogP contribution in [-0.2, 0) is 9.59 Å². The van der Waals surface area contributed by atoms with Crippen LogP contribution in [0, 0.1) is 6.92 Å². The Morgan fingerprint density at radius 1 is 1.10 bits per heavy atom. The third kappa shape index (κ3) is 6.02. The number of aromatic nitrogens is 1. The van der Waals surface area contributed by atoms with Crippen LogP contribution in [0.2, 0.25) is 0 Å². The molecule has 214 valence electrons. The topological polar surface area (TPSA) is 115 Å². The van der Waals surface area contributed by atoms with Crippen LogP contribution in [0.1, 0.15) is 59.7 Å². The van der Waals surface area contributed by atoms with Gasteiger partial charge in [0.25, 0.3) is 5.78 Å². The van der Waals surface area contributed by atoms with Crippen molar-refractivity contribution in [1.82, 2.24) is 4.98 Å². The molecule has 4 rings (SSSR count). The number of aliphatic hydroxyl groups is 1. The minimum Gasteiger partial charge on any atom is -0.507 e. The number of Topliss-reactive ketones (excluding diaryl/α,β-unsaturated/α-hetero) is 2. The van der Waals surface area contributed by atoms with Crippen LogP contribution in [-0.4, -0.2) is 47.4 Å². The number of ketones is 2. The first-order valence-corrected chi connectivity index (χ1v) is 14.1. The minimum absolute atomic E-state index is 0.114. The molecule has 1 fully saturated rings. The Morgan fingerprint density at radius 2 is 1.83 bits per heavy atom. The maximum Gasteiger partial charge on any atom is 0.301 e. The monoisotopic (exact) mass is 576 g/mol. The van der Waals surface area contributed by atoms with Gasteiger partial charge in [-0.25, -0.2) is 4.98 Å². The fourth-order valence-corrected chi connectivity index (χ4v) is 5.46. The van der Waals surface area contributed by atoms with Gasteiger partial charge in [-0.3, -0.25) is 19.3 Å². The molecule has 0 radical (unpaired) electrons. The molecule has 10 heteroatoms. The van der Waals surface area contributed by atoms with Crippen molar-refractivity contribution >= 4 is 39.7 Å². The number of hydrogen-bond acceptors (Lipinski definition) is 9. The van der Waals surface area contributed by atoms with E-state index in [4.69, 9.17) is 14.2 Å². The highest BCUT2D eigenvalue weighted by molar-refractivity contribution is 7.18. The van der Waals surface area contributed by atoms with Crippen molar-refractivity contribution in [2.45, 2.75) is 40.2 Å². The number of ether oxygens (including phenoxy) is 3. The number of nitrogens with zero attached hydrogens (tertiary/aromatic N) is 2. The van der Waals surface area contributed by atoms with Gasteiger partial charge in [-0.1, -0.05) is 37.0 Å². The molecule has 0 bridgehead atoms. The maximum absolute atomic E-state index is 13.5. The predicted octanol–water partition coefficient (Wildman–Crippen LogP) is 6.03. The van der Waals surface area contributed by atoms with Crippen LogP contribution in [0.25, 0.3) is 5.76 Å². The lowest BCUT2D eigenvalue weighted by Crippen LogP contribution is -2.29. The van der Waals surface area contributed by atoms with Crippen molar-refractivity contribution in [2.75, 3.05) is 24.7 Å². The second kappa shape index (κ2) is 12.8. The molecule has 1 amide bonds. The number of aryl methyl sites for hydroxylation is 1. The molecular weight excluding hydrogens is 544 g/mol. The van der Waals surface area contributed by atoms with Crippen molar-refractivity contribution in [3.8, 4) is 17.2 Å². The SMILES string of the molecule is C=CCOc1ccc(C2/C(=C(\O)c3ccc(OCCC)cc3)C(=O)C(=O)N2c2nc(C)c(C(C)=O)s2)cc1OCC. The summed E-state index contributed by atoms with van der Waals surface area (Å²) in [5.74, 6) is -0.815. The number of hydrogen-bond donors (Lipinski definition) is 1. The lowest BCUT2D eigenvalue weighted by atomic mass is 9.95. The van der Waals surface area contributed by atoms with Gasteiger partial charge in [0.05, 0.1) is 35.4 Å². The zero-order valence-electron chi connectivity index (χ0n) is 23.4. The Bertz CT molecular complexity index is 1510. The van der Waals surface area contributed by atoms with Crippen molar-refractivity contribution in [1.29, 1.82) is 0 Å². The average molecular weight is 577 g/mol. The van der Waals surface area contributed by atoms with Crippen LogP contribution >= 0.6 is 11.3 Å². The van der Waals surface area contributed by atoms with E-state index >= 15 is 0 Å². The Balaban J connectivity index is 1.90. The van der Waals surface area contributed by atoms with Crippen LogP contribution in [0.5, 0.6) is 17.2 Å². The highest BCUT2D eigenvalue weighted by atomic mass is 32.1. The molecular formula is C31H32N2O7S. The Labute approximate surface area is 242 Å². The zero-order chi connectivity index (χ0) is 29.7. The molecule has 0 saturated carbocycles. The molecule has 2 heterocycles. The molecule has 41 heavy (non-hydrogen) atoms. The second-order valence-electron chi connectivity index (χ2n) is 9.25. The van der Waals surface area contributed by atoms with Gasteiger partial charge in [-0.15, -0.1) is 0 Å². The van der Waals surface area contributed by atoms with E-state index in [1.165, 1.54) is 11.8 Å². The van der Waals surface area contributed by atoms with Gasteiger partial charge in [0.15, 0.2) is 22.4 Å². The Morgan fingerprint density at radius 3 is 2.44 bits per heavy atom. The van der Waals surface area contributed by atoms with Gasteiger partial charge >= 0.3 is 5.91 Å². The van der Waals surface area contributed by atoms with E-state index in [2.05, 4.69) is 11.6 Å². The number of benzene rings is 2. The summed E-state index contributed by atoms with van der Waals surface area (Å²) in [6, 6.07) is 10.6. The zero-order valence-corrected chi connectivity index (χ0v) is 24.2. The number of amides is 1. The summed E-state index contributed by atoms with van der Waals surface area (Å²) in [5, 5.41) is 11.6. The number of rotatable bonds is 12. The fourth-order valence-electron chi connectivity index (χ4n) is 4.47. The molecule has 1 N–H and O–H groups in total. The van der Waals surface area contributed by atoms with E-state index in [1.54, 1.807) is 55.5 Å². The van der Waals surface area contributed by atoms with Gasteiger partial charge in [0.1, 0.15) is 18.1 Å². The largest absolute Gasteiger partial charge is 0.507 e. The van der Waals surface area contributed by atoms with Gasteiger partial charge in [0.2, 0.25) is 0 Å². The van der Waals surface area contributed by atoms with Gasteiger partial charge < -0.3 is 19.3 Å². The van der Waals surface area contributed by atoms with E-state index in [0.717, 1.165) is 17.8 Å². The van der Waals surface area contributed by atoms with Crippen LogP contribution in [0.3, 0.4) is 0 Å². The predicted molar refractivity (Wildman–Crippen MR) is 157 cm³/mol. The van der Waals surface area contributed by atoms with Gasteiger partial charge in [0, 0.05) is 12.5 Å². The first-order chi connectivity index (χ1) is 19.7. The van der Waals surface area contributed by atoms with E-state index in [0.29, 0.717) is 52.2 Å². The second-order valence-corrected chi connectivity index (χ2v) is 10.2. The third-order valence-electron chi connectivity index (χ3n) is 6.30. The normalized spacial score (nSPS) is 16.1. The number of carbonyl (C=O) groups excluding carboxylic acids is 3. The van der Waals surface area contributed by atoms with Crippen LogP contribution in [0.15, 0.2) is 60.7 Å². The molecule has 1 unspecified atom stereocenters. The molecule has 1 aromatic heterocycles.